The third-order valence-electron chi connectivity index (χ3n) is 1.72. The van der Waals surface area contributed by atoms with Crippen LogP contribution in [0.1, 0.15) is 11.8 Å². The van der Waals surface area contributed by atoms with Gasteiger partial charge in [-0.2, -0.15) is 0 Å². The van der Waals surface area contributed by atoms with Crippen molar-refractivity contribution in [3.8, 4) is 0 Å². The zero-order valence-electron chi connectivity index (χ0n) is 7.67. The third kappa shape index (κ3) is 2.48. The Bertz CT molecular complexity index is 312. The van der Waals surface area contributed by atoms with E-state index in [4.69, 9.17) is 0 Å². The van der Waals surface area contributed by atoms with Gasteiger partial charge < -0.3 is 10.4 Å². The van der Waals surface area contributed by atoms with E-state index in [9.17, 15) is 15.2 Å². The molecule has 6 heteroatoms. The van der Waals surface area contributed by atoms with Crippen molar-refractivity contribution >= 4 is 5.69 Å². The van der Waals surface area contributed by atoms with E-state index in [0.29, 0.717) is 12.2 Å². The van der Waals surface area contributed by atoms with Crippen LogP contribution in [0.15, 0.2) is 18.3 Å². The van der Waals surface area contributed by atoms with Gasteiger partial charge in [-0.3, -0.25) is 15.1 Å². The topological polar surface area (TPSA) is 88.3 Å². The van der Waals surface area contributed by atoms with Gasteiger partial charge in [-0.15, -0.1) is 0 Å². The second kappa shape index (κ2) is 4.64. The molecule has 14 heavy (non-hydrogen) atoms. The second-order valence-corrected chi connectivity index (χ2v) is 2.77. The van der Waals surface area contributed by atoms with Gasteiger partial charge in [-0.25, -0.2) is 0 Å². The molecular weight excluding hydrogens is 186 g/mol. The number of hydrogen-bond acceptors (Lipinski definition) is 5. The van der Waals surface area contributed by atoms with Gasteiger partial charge >= 0.3 is 0 Å². The van der Waals surface area contributed by atoms with Gasteiger partial charge in [0.1, 0.15) is 12.3 Å². The Morgan fingerprint density at radius 2 is 2.43 bits per heavy atom. The highest BCUT2D eigenvalue weighted by molar-refractivity contribution is 5.27. The molecule has 0 spiro atoms. The number of likely N-dealkylation sites (N-methyl/N-ethyl adjacent to an activating group) is 1. The van der Waals surface area contributed by atoms with Crippen LogP contribution >= 0.6 is 0 Å². The van der Waals surface area contributed by atoms with E-state index in [1.165, 1.54) is 12.1 Å². The van der Waals surface area contributed by atoms with Crippen LogP contribution in [0.3, 0.4) is 0 Å². The Labute approximate surface area is 80.7 Å². The predicted octanol–water partition coefficient (Wildman–Crippen LogP) is 0.243. The maximum absolute atomic E-state index is 10.3. The summed E-state index contributed by atoms with van der Waals surface area (Å²) in [5.41, 5.74) is 0.343. The van der Waals surface area contributed by atoms with Gasteiger partial charge in [-0.1, -0.05) is 0 Å². The molecule has 0 saturated heterocycles. The lowest BCUT2D eigenvalue weighted by Crippen LogP contribution is -2.17. The highest BCUT2D eigenvalue weighted by Crippen LogP contribution is 2.13. The molecule has 0 fully saturated rings. The van der Waals surface area contributed by atoms with E-state index < -0.39 is 11.0 Å². The molecule has 0 aliphatic heterocycles. The number of aromatic nitrogens is 1. The number of pyridine rings is 1. The number of nitro groups is 1. The zero-order valence-corrected chi connectivity index (χ0v) is 7.67. The molecule has 1 atom stereocenters. The summed E-state index contributed by atoms with van der Waals surface area (Å²) in [4.78, 5) is 13.6. The largest absolute Gasteiger partial charge is 0.385 e. The van der Waals surface area contributed by atoms with Crippen molar-refractivity contribution in [1.29, 1.82) is 0 Å². The van der Waals surface area contributed by atoms with Crippen molar-refractivity contribution in [2.45, 2.75) is 6.10 Å². The number of hydrogen-bond donors (Lipinski definition) is 2. The molecule has 0 aliphatic rings. The molecule has 0 aromatic carbocycles. The summed E-state index contributed by atoms with van der Waals surface area (Å²) in [7, 11) is 1.70. The van der Waals surface area contributed by atoms with Crippen LogP contribution in [0.25, 0.3) is 0 Å². The van der Waals surface area contributed by atoms with E-state index in [-0.39, 0.29) is 5.69 Å². The fraction of sp³-hybridized carbons (Fsp3) is 0.375. The lowest BCUT2D eigenvalue weighted by molar-refractivity contribution is -0.385. The van der Waals surface area contributed by atoms with Crippen molar-refractivity contribution in [1.82, 2.24) is 10.3 Å². The molecule has 76 valence electrons. The van der Waals surface area contributed by atoms with Crippen LogP contribution in [0.5, 0.6) is 0 Å². The van der Waals surface area contributed by atoms with E-state index in [1.807, 2.05) is 0 Å². The molecule has 0 saturated carbocycles. The molecule has 1 rings (SSSR count). The quantitative estimate of drug-likeness (QED) is 0.533. The normalized spacial score (nSPS) is 12.4. The van der Waals surface area contributed by atoms with E-state index >= 15 is 0 Å². The van der Waals surface area contributed by atoms with Crippen LogP contribution in [0, 0.1) is 10.1 Å². The van der Waals surface area contributed by atoms with Crippen LogP contribution in [0.4, 0.5) is 5.69 Å². The molecule has 0 aliphatic carbocycles. The van der Waals surface area contributed by atoms with Crippen molar-refractivity contribution in [3.63, 3.8) is 0 Å². The molecule has 1 aromatic rings. The molecule has 1 aromatic heterocycles. The minimum atomic E-state index is -0.735. The third-order valence-corrected chi connectivity index (χ3v) is 1.72. The minimum absolute atomic E-state index is 0.0783. The summed E-state index contributed by atoms with van der Waals surface area (Å²) in [5, 5.41) is 22.5. The Morgan fingerprint density at radius 3 is 2.86 bits per heavy atom. The summed E-state index contributed by atoms with van der Waals surface area (Å²) in [5.74, 6) is 0. The molecule has 6 nitrogen and oxygen atoms in total. The van der Waals surface area contributed by atoms with E-state index in [1.54, 1.807) is 7.05 Å². The first kappa shape index (κ1) is 10.6. The van der Waals surface area contributed by atoms with Crippen LogP contribution in [-0.4, -0.2) is 28.6 Å². The SMILES string of the molecule is CNCC(O)c1ccc([N+](=O)[O-])cn1. The Morgan fingerprint density at radius 1 is 1.71 bits per heavy atom. The summed E-state index contributed by atoms with van der Waals surface area (Å²) in [6.07, 6.45) is 0.398. The Balaban J connectivity index is 2.77. The molecule has 0 radical (unpaired) electrons. The van der Waals surface area contributed by atoms with Crippen LogP contribution < -0.4 is 5.32 Å². The average molecular weight is 197 g/mol. The van der Waals surface area contributed by atoms with Crippen molar-refractivity contribution < 1.29 is 10.0 Å². The first-order chi connectivity index (χ1) is 6.65. The number of aliphatic hydroxyl groups excluding tert-OH is 1. The van der Waals surface area contributed by atoms with E-state index in [0.717, 1.165) is 6.20 Å². The van der Waals surface area contributed by atoms with Gasteiger partial charge in [0.25, 0.3) is 5.69 Å². The summed E-state index contributed by atoms with van der Waals surface area (Å²) in [6.45, 7) is 0.366. The molecule has 1 heterocycles. The average Bonchev–Trinajstić information content (AvgIpc) is 2.18. The number of rotatable bonds is 4. The van der Waals surface area contributed by atoms with Gasteiger partial charge in [0.15, 0.2) is 0 Å². The summed E-state index contributed by atoms with van der Waals surface area (Å²) < 4.78 is 0. The second-order valence-electron chi connectivity index (χ2n) is 2.77. The number of nitrogens with one attached hydrogen (secondary N) is 1. The highest BCUT2D eigenvalue weighted by Gasteiger charge is 2.10. The minimum Gasteiger partial charge on any atom is -0.385 e. The Hall–Kier alpha value is -1.53. The maximum atomic E-state index is 10.3. The Kier molecular flexibility index (Phi) is 3.49. The lowest BCUT2D eigenvalue weighted by atomic mass is 10.2. The molecule has 0 bridgehead atoms. The van der Waals surface area contributed by atoms with Gasteiger partial charge in [0.05, 0.1) is 10.6 Å². The smallest absolute Gasteiger partial charge is 0.287 e. The zero-order chi connectivity index (χ0) is 10.6. The van der Waals surface area contributed by atoms with Crippen molar-refractivity contribution in [2.24, 2.45) is 0 Å². The molecular formula is C8H11N3O3. The molecule has 2 N–H and O–H groups in total. The van der Waals surface area contributed by atoms with Crippen molar-refractivity contribution in [3.05, 3.63) is 34.1 Å². The fourth-order valence-electron chi connectivity index (χ4n) is 1.00. The first-order valence-electron chi connectivity index (χ1n) is 4.08. The van der Waals surface area contributed by atoms with Gasteiger partial charge in [0, 0.05) is 12.6 Å². The number of aliphatic hydroxyl groups is 1. The van der Waals surface area contributed by atoms with Crippen LogP contribution in [0.2, 0.25) is 0 Å². The maximum Gasteiger partial charge on any atom is 0.287 e. The summed E-state index contributed by atoms with van der Waals surface area (Å²) >= 11 is 0. The lowest BCUT2D eigenvalue weighted by Gasteiger charge is -2.07. The molecule has 1 unspecified atom stereocenters. The first-order valence-corrected chi connectivity index (χ1v) is 4.08. The highest BCUT2D eigenvalue weighted by atomic mass is 16.6. The fourth-order valence-corrected chi connectivity index (χ4v) is 1.00. The summed E-state index contributed by atoms with van der Waals surface area (Å²) in [6, 6.07) is 2.77. The van der Waals surface area contributed by atoms with Gasteiger partial charge in [0.2, 0.25) is 0 Å². The van der Waals surface area contributed by atoms with Crippen molar-refractivity contribution in [2.75, 3.05) is 13.6 Å². The predicted molar refractivity (Wildman–Crippen MR) is 49.8 cm³/mol. The molecule has 0 amide bonds. The number of nitrogens with zero attached hydrogens (tertiary/aromatic N) is 2. The standard InChI is InChI=1S/C8H11N3O3/c1-9-5-8(12)7-3-2-6(4-10-7)11(13)14/h2-4,8-9,12H,5H2,1H3. The monoisotopic (exact) mass is 197 g/mol. The van der Waals surface area contributed by atoms with Gasteiger partial charge in [-0.05, 0) is 13.1 Å². The van der Waals surface area contributed by atoms with E-state index in [2.05, 4.69) is 10.3 Å². The van der Waals surface area contributed by atoms with Crippen LogP contribution in [-0.2, 0) is 0 Å².